The number of benzene rings is 2. The largest absolute Gasteiger partial charge is 0.221 e. The van der Waals surface area contributed by atoms with Crippen molar-refractivity contribution < 1.29 is 4.39 Å². The first kappa shape index (κ1) is 12.9. The number of aromatic nitrogens is 4. The van der Waals surface area contributed by atoms with Gasteiger partial charge in [-0.2, -0.15) is 5.26 Å². The number of nitriles is 1. The van der Waals surface area contributed by atoms with Crippen LogP contribution in [0.3, 0.4) is 0 Å². The van der Waals surface area contributed by atoms with E-state index in [0.29, 0.717) is 23.5 Å². The van der Waals surface area contributed by atoms with Crippen LogP contribution >= 0.6 is 0 Å². The average molecular weight is 279 g/mol. The van der Waals surface area contributed by atoms with Crippen LogP contribution in [0.2, 0.25) is 0 Å². The fourth-order valence-electron chi connectivity index (χ4n) is 2.06. The van der Waals surface area contributed by atoms with Gasteiger partial charge in [-0.3, -0.25) is 0 Å². The highest BCUT2D eigenvalue weighted by atomic mass is 19.1. The highest BCUT2D eigenvalue weighted by Gasteiger charge is 2.13. The van der Waals surface area contributed by atoms with Gasteiger partial charge in [0.15, 0.2) is 5.82 Å². The second kappa shape index (κ2) is 5.51. The minimum atomic E-state index is -0.376. The molecule has 1 aromatic heterocycles. The van der Waals surface area contributed by atoms with Gasteiger partial charge in [0.25, 0.3) is 0 Å². The summed E-state index contributed by atoms with van der Waals surface area (Å²) in [7, 11) is 0. The molecule has 0 saturated carbocycles. The van der Waals surface area contributed by atoms with Crippen LogP contribution in [-0.4, -0.2) is 20.2 Å². The van der Waals surface area contributed by atoms with Crippen LogP contribution < -0.4 is 0 Å². The van der Waals surface area contributed by atoms with Crippen LogP contribution in [0, 0.1) is 17.1 Å². The Hall–Kier alpha value is -3.07. The summed E-state index contributed by atoms with van der Waals surface area (Å²) in [4.78, 5) is 0. The monoisotopic (exact) mass is 279 g/mol. The minimum absolute atomic E-state index is 0.346. The first-order chi connectivity index (χ1) is 10.3. The van der Waals surface area contributed by atoms with Gasteiger partial charge in [0.2, 0.25) is 0 Å². The summed E-state index contributed by atoms with van der Waals surface area (Å²) in [6.07, 6.45) is 0. The molecule has 102 valence electrons. The Morgan fingerprint density at radius 1 is 1.14 bits per heavy atom. The highest BCUT2D eigenvalue weighted by molar-refractivity contribution is 5.55. The lowest BCUT2D eigenvalue weighted by atomic mass is 10.1. The number of rotatable bonds is 3. The third-order valence-corrected chi connectivity index (χ3v) is 3.04. The van der Waals surface area contributed by atoms with Gasteiger partial charge in [0.05, 0.1) is 23.7 Å². The molecular formula is C15H10FN5. The van der Waals surface area contributed by atoms with Crippen molar-refractivity contribution in [3.8, 4) is 17.5 Å². The van der Waals surface area contributed by atoms with E-state index in [-0.39, 0.29) is 5.82 Å². The van der Waals surface area contributed by atoms with Crippen LogP contribution in [0.1, 0.15) is 11.1 Å². The molecule has 2 aromatic carbocycles. The standard InChI is InChI=1S/C15H10FN5/c16-14-7-2-1-6-13(14)15-18-19-20-21(15)10-12-5-3-4-11(8-12)9-17/h1-8H,10H2. The van der Waals surface area contributed by atoms with Gasteiger partial charge in [-0.05, 0) is 40.3 Å². The predicted molar refractivity (Wildman–Crippen MR) is 73.5 cm³/mol. The Balaban J connectivity index is 1.97. The molecule has 0 saturated heterocycles. The molecule has 0 N–H and O–H groups in total. The van der Waals surface area contributed by atoms with E-state index >= 15 is 0 Å². The van der Waals surface area contributed by atoms with E-state index in [1.165, 1.54) is 10.7 Å². The molecule has 0 fully saturated rings. The third-order valence-electron chi connectivity index (χ3n) is 3.04. The molecule has 6 heteroatoms. The molecule has 1 heterocycles. The summed E-state index contributed by atoms with van der Waals surface area (Å²) in [6, 6.07) is 15.6. The third kappa shape index (κ3) is 2.62. The number of halogens is 1. The first-order valence-corrected chi connectivity index (χ1v) is 6.28. The highest BCUT2D eigenvalue weighted by Crippen LogP contribution is 2.20. The van der Waals surface area contributed by atoms with Gasteiger partial charge in [0, 0.05) is 0 Å². The van der Waals surface area contributed by atoms with Gasteiger partial charge >= 0.3 is 0 Å². The zero-order valence-electron chi connectivity index (χ0n) is 10.9. The molecule has 5 nitrogen and oxygen atoms in total. The molecule has 3 rings (SSSR count). The molecule has 3 aromatic rings. The molecule has 0 bridgehead atoms. The van der Waals surface area contributed by atoms with Gasteiger partial charge < -0.3 is 0 Å². The van der Waals surface area contributed by atoms with Crippen molar-refractivity contribution in [1.82, 2.24) is 20.2 Å². The lowest BCUT2D eigenvalue weighted by molar-refractivity contribution is 0.620. The summed E-state index contributed by atoms with van der Waals surface area (Å²) in [6.45, 7) is 0.367. The fourth-order valence-corrected chi connectivity index (χ4v) is 2.06. The maximum atomic E-state index is 13.8. The first-order valence-electron chi connectivity index (χ1n) is 6.28. The lowest BCUT2D eigenvalue weighted by Gasteiger charge is -2.06. The molecule has 0 spiro atoms. The van der Waals surface area contributed by atoms with Gasteiger partial charge in [-0.15, -0.1) is 5.10 Å². The lowest BCUT2D eigenvalue weighted by Crippen LogP contribution is -2.05. The van der Waals surface area contributed by atoms with E-state index in [1.807, 2.05) is 6.07 Å². The molecule has 0 amide bonds. The molecular weight excluding hydrogens is 269 g/mol. The van der Waals surface area contributed by atoms with Crippen molar-refractivity contribution >= 4 is 0 Å². The zero-order valence-corrected chi connectivity index (χ0v) is 10.9. The normalized spacial score (nSPS) is 10.3. The quantitative estimate of drug-likeness (QED) is 0.738. The van der Waals surface area contributed by atoms with E-state index in [1.54, 1.807) is 36.4 Å². The Morgan fingerprint density at radius 2 is 2.00 bits per heavy atom. The fraction of sp³-hybridized carbons (Fsp3) is 0.0667. The Labute approximate surface area is 120 Å². The van der Waals surface area contributed by atoms with Crippen LogP contribution in [0.25, 0.3) is 11.4 Å². The summed E-state index contributed by atoms with van der Waals surface area (Å²) in [5.41, 5.74) is 1.78. The molecule has 0 unspecified atom stereocenters. The van der Waals surface area contributed by atoms with Crippen molar-refractivity contribution in [2.75, 3.05) is 0 Å². The topological polar surface area (TPSA) is 67.4 Å². The maximum absolute atomic E-state index is 13.8. The summed E-state index contributed by atoms with van der Waals surface area (Å²) < 4.78 is 15.3. The van der Waals surface area contributed by atoms with Crippen molar-refractivity contribution in [2.45, 2.75) is 6.54 Å². The smallest absolute Gasteiger partial charge is 0.185 e. The summed E-state index contributed by atoms with van der Waals surface area (Å²) >= 11 is 0. The van der Waals surface area contributed by atoms with E-state index < -0.39 is 0 Å². The maximum Gasteiger partial charge on any atom is 0.185 e. The van der Waals surface area contributed by atoms with Crippen LogP contribution in [0.15, 0.2) is 48.5 Å². The molecule has 0 aliphatic rings. The van der Waals surface area contributed by atoms with E-state index in [0.717, 1.165) is 5.56 Å². The predicted octanol–water partition coefficient (Wildman–Crippen LogP) is 2.40. The average Bonchev–Trinajstić information content (AvgIpc) is 2.96. The SMILES string of the molecule is N#Cc1cccc(Cn2nnnc2-c2ccccc2F)c1. The molecule has 21 heavy (non-hydrogen) atoms. The molecule has 0 atom stereocenters. The Morgan fingerprint density at radius 3 is 2.81 bits per heavy atom. The number of nitrogens with zero attached hydrogens (tertiary/aromatic N) is 5. The molecule has 0 aliphatic carbocycles. The van der Waals surface area contributed by atoms with Crippen molar-refractivity contribution in [2.24, 2.45) is 0 Å². The second-order valence-electron chi connectivity index (χ2n) is 4.45. The van der Waals surface area contributed by atoms with E-state index in [2.05, 4.69) is 21.6 Å². The number of tetrazole rings is 1. The zero-order chi connectivity index (χ0) is 14.7. The van der Waals surface area contributed by atoms with Crippen molar-refractivity contribution in [1.29, 1.82) is 5.26 Å². The Bertz CT molecular complexity index is 819. The summed E-state index contributed by atoms with van der Waals surface area (Å²) in [5, 5.41) is 20.3. The van der Waals surface area contributed by atoms with Crippen LogP contribution in [0.5, 0.6) is 0 Å². The van der Waals surface area contributed by atoms with Crippen molar-refractivity contribution in [3.05, 3.63) is 65.5 Å². The second-order valence-corrected chi connectivity index (χ2v) is 4.45. The van der Waals surface area contributed by atoms with E-state index in [9.17, 15) is 4.39 Å². The number of hydrogen-bond donors (Lipinski definition) is 0. The van der Waals surface area contributed by atoms with Gasteiger partial charge in [-0.1, -0.05) is 24.3 Å². The van der Waals surface area contributed by atoms with Gasteiger partial charge in [-0.25, -0.2) is 9.07 Å². The summed E-state index contributed by atoms with van der Waals surface area (Å²) in [5.74, 6) is -0.0187. The number of hydrogen-bond acceptors (Lipinski definition) is 4. The minimum Gasteiger partial charge on any atom is -0.221 e. The molecule has 0 aliphatic heterocycles. The molecule has 0 radical (unpaired) electrons. The van der Waals surface area contributed by atoms with Crippen LogP contribution in [-0.2, 0) is 6.54 Å². The van der Waals surface area contributed by atoms with E-state index in [4.69, 9.17) is 5.26 Å². The van der Waals surface area contributed by atoms with Gasteiger partial charge in [0.1, 0.15) is 5.82 Å². The van der Waals surface area contributed by atoms with Crippen molar-refractivity contribution in [3.63, 3.8) is 0 Å². The Kier molecular flexibility index (Phi) is 3.39. The van der Waals surface area contributed by atoms with Crippen LogP contribution in [0.4, 0.5) is 4.39 Å².